The van der Waals surface area contributed by atoms with Crippen LogP contribution < -0.4 is 16.0 Å². The minimum absolute atomic E-state index is 0.0471. The number of carbonyl (C=O) groups is 3. The highest BCUT2D eigenvalue weighted by atomic mass is 16.2. The summed E-state index contributed by atoms with van der Waals surface area (Å²) < 4.78 is 7.17. The van der Waals surface area contributed by atoms with Gasteiger partial charge in [0.05, 0.1) is 5.69 Å². The maximum atomic E-state index is 12.8. The summed E-state index contributed by atoms with van der Waals surface area (Å²) in [6.45, 7) is 25.1. The number of nitrogens with zero attached hydrogens (tertiary/aromatic N) is 9. The third-order valence-corrected chi connectivity index (χ3v) is 22.4. The van der Waals surface area contributed by atoms with E-state index in [1.165, 1.54) is 71.9 Å². The molecular weight excluding hydrogens is 1140 g/mol. The molecule has 4 aromatic carbocycles. The van der Waals surface area contributed by atoms with Gasteiger partial charge in [0.15, 0.2) is 0 Å². The zero-order valence-corrected chi connectivity index (χ0v) is 57.7. The highest BCUT2D eigenvalue weighted by Crippen LogP contribution is 2.48. The number of amides is 6. The third kappa shape index (κ3) is 12.5. The van der Waals surface area contributed by atoms with Crippen LogP contribution in [0.2, 0.25) is 0 Å². The molecule has 6 amide bonds. The van der Waals surface area contributed by atoms with Crippen LogP contribution in [-0.4, -0.2) is 177 Å². The predicted octanol–water partition coefficient (Wildman–Crippen LogP) is 12.0. The van der Waals surface area contributed by atoms with Gasteiger partial charge >= 0.3 is 18.1 Å². The Labute approximate surface area is 549 Å². The van der Waals surface area contributed by atoms with Crippen molar-refractivity contribution in [2.45, 2.75) is 180 Å². The lowest BCUT2D eigenvalue weighted by atomic mass is 9.73. The Morgan fingerprint density at radius 2 is 0.870 bits per heavy atom. The van der Waals surface area contributed by atoms with Crippen molar-refractivity contribution < 1.29 is 14.4 Å². The number of likely N-dealkylation sites (N-methyl/N-ethyl adjacent to an activating group) is 3. The van der Waals surface area contributed by atoms with Crippen LogP contribution in [0.1, 0.15) is 155 Å². The number of aryl methyl sites for hydroxylation is 4. The van der Waals surface area contributed by atoms with Crippen LogP contribution in [-0.2, 0) is 59.2 Å². The molecule has 7 aromatic rings. The highest BCUT2D eigenvalue weighted by molar-refractivity contribution is 5.93. The zero-order valence-electron chi connectivity index (χ0n) is 57.7. The van der Waals surface area contributed by atoms with Gasteiger partial charge in [0.2, 0.25) is 0 Å². The number of nitrogens with one attached hydrogen (secondary N) is 3. The van der Waals surface area contributed by atoms with Gasteiger partial charge in [0.1, 0.15) is 0 Å². The average molecular weight is 1250 g/mol. The second kappa shape index (κ2) is 28.5. The quantitative estimate of drug-likeness (QED) is 0.0879. The van der Waals surface area contributed by atoms with Crippen LogP contribution in [0.5, 0.6) is 0 Å². The smallest absolute Gasteiger partial charge is 0.317 e. The molecule has 3 aromatic heterocycles. The summed E-state index contributed by atoms with van der Waals surface area (Å²) >= 11 is 0. The van der Waals surface area contributed by atoms with Gasteiger partial charge in [-0.3, -0.25) is 0 Å². The monoisotopic (exact) mass is 1250 g/mol. The van der Waals surface area contributed by atoms with Crippen molar-refractivity contribution in [3.8, 4) is 12.3 Å². The first-order valence-corrected chi connectivity index (χ1v) is 35.1. The number of likely N-dealkylation sites (tertiary alicyclic amines) is 3. The number of hydrogen-bond acceptors (Lipinski definition) is 6. The number of urea groups is 3. The van der Waals surface area contributed by atoms with Crippen molar-refractivity contribution >= 4 is 50.8 Å². The molecule has 6 heterocycles. The molecule has 3 aliphatic carbocycles. The minimum Gasteiger partial charge on any atom is -0.347 e. The van der Waals surface area contributed by atoms with Gasteiger partial charge < -0.3 is 59.1 Å². The summed E-state index contributed by atoms with van der Waals surface area (Å²) in [5, 5.41) is 14.3. The van der Waals surface area contributed by atoms with Crippen LogP contribution in [0.4, 0.5) is 14.4 Å². The van der Waals surface area contributed by atoms with Crippen molar-refractivity contribution in [3.63, 3.8) is 0 Å². The van der Waals surface area contributed by atoms with Gasteiger partial charge in [-0.05, 0) is 184 Å². The van der Waals surface area contributed by atoms with E-state index in [2.05, 4.69) is 184 Å². The summed E-state index contributed by atoms with van der Waals surface area (Å²) in [6.07, 6.45) is 16.5. The Kier molecular flexibility index (Phi) is 20.5. The van der Waals surface area contributed by atoms with Crippen molar-refractivity contribution in [1.82, 2.24) is 59.1 Å². The molecule has 492 valence electrons. The van der Waals surface area contributed by atoms with Crippen molar-refractivity contribution in [2.75, 3.05) is 80.0 Å². The van der Waals surface area contributed by atoms with Gasteiger partial charge in [-0.1, -0.05) is 86.5 Å². The van der Waals surface area contributed by atoms with Crippen LogP contribution >= 0.6 is 0 Å². The normalized spacial score (nSPS) is 23.0. The van der Waals surface area contributed by atoms with Gasteiger partial charge in [0.25, 0.3) is 0 Å². The van der Waals surface area contributed by atoms with Crippen molar-refractivity contribution in [3.05, 3.63) is 141 Å². The molecule has 0 spiro atoms. The Hall–Kier alpha value is -7.25. The van der Waals surface area contributed by atoms with E-state index < -0.39 is 0 Å². The molecule has 15 nitrogen and oxygen atoms in total. The second-order valence-electron chi connectivity index (χ2n) is 27.3. The van der Waals surface area contributed by atoms with Crippen LogP contribution in [0.15, 0.2) is 84.9 Å². The SMILES string of the molecule is C#Cc1c2c3c(cccc3n1C)[C@H]1C[C@H](NC(=O)N(CC)CC)CN(C)[C@@H]1C2.CCCn1c(CC)c2c3c(cccc31)[C@H]1C[C@H](NC(=O)N(CC)CC)CN(C)[C@@H]1C2.CCN(CC)C(=O)N[C@H]1C[C@@H]2c3cccc4c3c(c(CCc3ccccc3)n4C)C[C@H]2N(C)C1. The number of fused-ring (bicyclic) bond motifs is 6. The van der Waals surface area contributed by atoms with Gasteiger partial charge in [-0.15, -0.1) is 6.42 Å². The molecule has 0 unspecified atom stereocenters. The molecule has 3 saturated heterocycles. The molecule has 15 heteroatoms. The van der Waals surface area contributed by atoms with E-state index >= 15 is 0 Å². The Morgan fingerprint density at radius 3 is 1.28 bits per heavy atom. The van der Waals surface area contributed by atoms with Crippen LogP contribution in [0, 0.1) is 12.3 Å². The first-order valence-electron chi connectivity index (χ1n) is 35.1. The summed E-state index contributed by atoms with van der Waals surface area (Å²) in [5.74, 6) is 4.25. The van der Waals surface area contributed by atoms with Crippen LogP contribution in [0.3, 0.4) is 0 Å². The number of rotatable bonds is 15. The molecule has 3 fully saturated rings. The summed E-state index contributed by atoms with van der Waals surface area (Å²) in [7, 11) is 11.0. The maximum Gasteiger partial charge on any atom is 0.317 e. The van der Waals surface area contributed by atoms with E-state index in [0.717, 1.165) is 135 Å². The fourth-order valence-electron chi connectivity index (χ4n) is 17.8. The lowest BCUT2D eigenvalue weighted by Gasteiger charge is -2.46. The first-order chi connectivity index (χ1) is 44.5. The number of hydrogen-bond donors (Lipinski definition) is 3. The third-order valence-electron chi connectivity index (χ3n) is 22.4. The number of aromatic nitrogens is 3. The molecule has 3 aliphatic heterocycles. The van der Waals surface area contributed by atoms with Crippen LogP contribution in [0.25, 0.3) is 32.7 Å². The molecule has 0 bridgehead atoms. The number of piperidine rings is 3. The standard InChI is InChI=1S/C29H38N4O.C25H38N4O.C23H30N4O/c1-5-33(6-2)29(34)30-21-17-23-22-13-10-14-26-28(22)24(18-27(23)31(3)19-21)25(32(26)4)16-15-20-11-8-7-9-12-20;1-6-13-29-21(7-2)20-15-23-19(18-11-10-12-22(29)24(18)20)14-17(16-27(23)5)26-25(30)28(8-3)9-4;1-6-19-18-13-21-17(16-10-9-11-20(22(16)18)26(19)5)12-15(14-25(21)4)24-23(28)27(7-2)8-3/h7-14,21,23,27H,5-6,15-19H2,1-4H3,(H,30,34);10-12,17,19,23H,6-9,13-16H2,1-5H3,(H,26,30);1,9-11,15,17,21H,7-8,12-14H2,2-5H3,(H,24,28)/t21-,23+,27+;17-,19+,23+;15-,17+,21+/m000/s1. The van der Waals surface area contributed by atoms with Gasteiger partial charge in [0, 0.05) is 178 Å². The zero-order chi connectivity index (χ0) is 65.2. The van der Waals surface area contributed by atoms with E-state index in [4.69, 9.17) is 6.42 Å². The second-order valence-corrected chi connectivity index (χ2v) is 27.3. The number of carbonyl (C=O) groups excluding carboxylic acids is 3. The minimum atomic E-state index is 0.0471. The van der Waals surface area contributed by atoms with Crippen molar-refractivity contribution in [1.29, 1.82) is 0 Å². The number of benzene rings is 4. The van der Waals surface area contributed by atoms with Gasteiger partial charge in [-0.25, -0.2) is 14.4 Å². The maximum absolute atomic E-state index is 12.8. The van der Waals surface area contributed by atoms with E-state index in [-0.39, 0.29) is 36.2 Å². The molecule has 6 aliphatic rings. The Bertz CT molecular complexity index is 3800. The first kappa shape index (κ1) is 66.2. The topological polar surface area (TPSA) is 122 Å². The van der Waals surface area contributed by atoms with Gasteiger partial charge in [-0.2, -0.15) is 0 Å². The average Bonchev–Trinajstić information content (AvgIpc) is 1.51. The Balaban J connectivity index is 0.000000142. The molecule has 3 N–H and O–H groups in total. The fourth-order valence-corrected chi connectivity index (χ4v) is 17.8. The molecule has 92 heavy (non-hydrogen) atoms. The predicted molar refractivity (Wildman–Crippen MR) is 377 cm³/mol. The lowest BCUT2D eigenvalue weighted by Crippen LogP contribution is -2.56. The molecule has 9 atom stereocenters. The molecule has 13 rings (SSSR count). The summed E-state index contributed by atoms with van der Waals surface area (Å²) in [6, 6.07) is 33.3. The van der Waals surface area contributed by atoms with Crippen molar-refractivity contribution in [2.24, 2.45) is 14.1 Å². The summed E-state index contributed by atoms with van der Waals surface area (Å²) in [4.78, 5) is 51.0. The lowest BCUT2D eigenvalue weighted by molar-refractivity contribution is 0.123. The largest absolute Gasteiger partial charge is 0.347 e. The van der Waals surface area contributed by atoms with E-state index in [9.17, 15) is 14.4 Å². The molecule has 0 saturated carbocycles. The van der Waals surface area contributed by atoms with E-state index in [1.807, 2.05) is 56.2 Å². The molecule has 0 radical (unpaired) electrons. The Morgan fingerprint density at radius 1 is 0.478 bits per heavy atom. The highest BCUT2D eigenvalue weighted by Gasteiger charge is 2.45. The molecular formula is C77H106N12O3. The number of terminal acetylenes is 1. The van der Waals surface area contributed by atoms with E-state index in [1.54, 1.807) is 11.1 Å². The van der Waals surface area contributed by atoms with E-state index in [0.29, 0.717) is 35.9 Å². The summed E-state index contributed by atoms with van der Waals surface area (Å²) in [5.41, 5.74) is 18.2. The fraction of sp³-hybridized carbons (Fsp3) is 0.545.